The van der Waals surface area contributed by atoms with E-state index in [2.05, 4.69) is 15.3 Å². The molecule has 2 rings (SSSR count). The average molecular weight is 267 g/mol. The third kappa shape index (κ3) is 3.27. The molecule has 0 unspecified atom stereocenters. The summed E-state index contributed by atoms with van der Waals surface area (Å²) in [6.45, 7) is 0. The Morgan fingerprint density at radius 3 is 2.32 bits per heavy atom. The van der Waals surface area contributed by atoms with Crippen molar-refractivity contribution in [3.8, 4) is 0 Å². The number of hydrogen-bond donors (Lipinski definition) is 1. The highest BCUT2D eigenvalue weighted by atomic mass is 19.4. The number of benzene rings is 1. The molecule has 0 aliphatic carbocycles. The molecule has 0 aliphatic heterocycles. The lowest BCUT2D eigenvalue weighted by Gasteiger charge is -2.07. The summed E-state index contributed by atoms with van der Waals surface area (Å²) in [5.74, 6) is -0.257. The molecule has 0 atom stereocenters. The van der Waals surface area contributed by atoms with E-state index >= 15 is 0 Å². The van der Waals surface area contributed by atoms with Crippen LogP contribution in [0.5, 0.6) is 0 Å². The van der Waals surface area contributed by atoms with Crippen LogP contribution in [0, 0.1) is 0 Å². The lowest BCUT2D eigenvalue weighted by molar-refractivity contribution is -0.137. The number of nitrogens with zero attached hydrogens (tertiary/aromatic N) is 2. The van der Waals surface area contributed by atoms with Gasteiger partial charge in [0.25, 0.3) is 5.91 Å². The van der Waals surface area contributed by atoms with Crippen LogP contribution in [-0.4, -0.2) is 15.9 Å². The normalized spacial score (nSPS) is 11.1. The minimum Gasteiger partial charge on any atom is -0.306 e. The Labute approximate surface area is 106 Å². The van der Waals surface area contributed by atoms with Crippen molar-refractivity contribution in [3.63, 3.8) is 0 Å². The van der Waals surface area contributed by atoms with Crippen LogP contribution in [0.2, 0.25) is 0 Å². The molecule has 0 radical (unpaired) electrons. The molecular weight excluding hydrogens is 259 g/mol. The van der Waals surface area contributed by atoms with E-state index in [0.29, 0.717) is 0 Å². The Bertz CT molecular complexity index is 567. The highest BCUT2D eigenvalue weighted by Gasteiger charge is 2.30. The largest absolute Gasteiger partial charge is 0.416 e. The second kappa shape index (κ2) is 5.05. The number of hydrogen-bond acceptors (Lipinski definition) is 3. The van der Waals surface area contributed by atoms with Crippen molar-refractivity contribution in [1.82, 2.24) is 9.97 Å². The number of halogens is 3. The van der Waals surface area contributed by atoms with E-state index in [4.69, 9.17) is 0 Å². The van der Waals surface area contributed by atoms with E-state index in [-0.39, 0.29) is 11.4 Å². The van der Waals surface area contributed by atoms with Gasteiger partial charge < -0.3 is 5.32 Å². The summed E-state index contributed by atoms with van der Waals surface area (Å²) in [6, 6.07) is 5.41. The van der Waals surface area contributed by atoms with Gasteiger partial charge in [0.15, 0.2) is 0 Å². The summed E-state index contributed by atoms with van der Waals surface area (Å²) in [5.41, 5.74) is -0.683. The van der Waals surface area contributed by atoms with Crippen molar-refractivity contribution in [2.24, 2.45) is 0 Å². The summed E-state index contributed by atoms with van der Waals surface area (Å²) in [5, 5.41) is 2.45. The SMILES string of the molecule is O=C(Nc1ccncn1)c1ccc(C(F)(F)F)cc1. The Morgan fingerprint density at radius 1 is 1.11 bits per heavy atom. The van der Waals surface area contributed by atoms with E-state index in [0.717, 1.165) is 24.3 Å². The second-order valence-electron chi connectivity index (χ2n) is 3.62. The second-order valence-corrected chi connectivity index (χ2v) is 3.62. The van der Waals surface area contributed by atoms with Gasteiger partial charge in [0, 0.05) is 11.8 Å². The highest BCUT2D eigenvalue weighted by Crippen LogP contribution is 2.29. The topological polar surface area (TPSA) is 54.9 Å². The fourth-order valence-corrected chi connectivity index (χ4v) is 1.36. The number of rotatable bonds is 2. The zero-order valence-corrected chi connectivity index (χ0v) is 9.48. The Kier molecular flexibility index (Phi) is 3.46. The molecule has 1 amide bonds. The van der Waals surface area contributed by atoms with Crippen LogP contribution in [0.3, 0.4) is 0 Å². The van der Waals surface area contributed by atoms with Crippen LogP contribution in [0.15, 0.2) is 42.9 Å². The fraction of sp³-hybridized carbons (Fsp3) is 0.0833. The first-order valence-corrected chi connectivity index (χ1v) is 5.21. The third-order valence-electron chi connectivity index (χ3n) is 2.30. The molecule has 1 heterocycles. The number of alkyl halides is 3. The molecule has 0 saturated carbocycles. The lowest BCUT2D eigenvalue weighted by Crippen LogP contribution is -2.13. The van der Waals surface area contributed by atoms with Crippen LogP contribution in [0.1, 0.15) is 15.9 Å². The molecule has 1 N–H and O–H groups in total. The molecule has 1 aromatic heterocycles. The highest BCUT2D eigenvalue weighted by molar-refractivity contribution is 6.03. The predicted molar refractivity (Wildman–Crippen MR) is 61.4 cm³/mol. The maximum absolute atomic E-state index is 12.4. The van der Waals surface area contributed by atoms with Crippen LogP contribution in [0.25, 0.3) is 0 Å². The van der Waals surface area contributed by atoms with Crippen molar-refractivity contribution in [3.05, 3.63) is 54.0 Å². The number of carbonyl (C=O) groups excluding carboxylic acids is 1. The molecule has 0 saturated heterocycles. The van der Waals surface area contributed by atoms with Gasteiger partial charge in [-0.1, -0.05) is 0 Å². The molecule has 1 aromatic carbocycles. The molecule has 0 aliphatic rings. The lowest BCUT2D eigenvalue weighted by atomic mass is 10.1. The number of aromatic nitrogens is 2. The summed E-state index contributed by atoms with van der Waals surface area (Å²) >= 11 is 0. The molecule has 19 heavy (non-hydrogen) atoms. The molecule has 0 bridgehead atoms. The van der Waals surface area contributed by atoms with E-state index in [1.165, 1.54) is 18.6 Å². The van der Waals surface area contributed by atoms with Crippen LogP contribution in [-0.2, 0) is 6.18 Å². The quantitative estimate of drug-likeness (QED) is 0.910. The molecule has 4 nitrogen and oxygen atoms in total. The van der Waals surface area contributed by atoms with Gasteiger partial charge in [0.1, 0.15) is 12.1 Å². The van der Waals surface area contributed by atoms with E-state index in [9.17, 15) is 18.0 Å². The molecular formula is C12H8F3N3O. The molecule has 0 fully saturated rings. The first-order chi connectivity index (χ1) is 8.97. The van der Waals surface area contributed by atoms with Crippen molar-refractivity contribution in [2.45, 2.75) is 6.18 Å². The standard InChI is InChI=1S/C12H8F3N3O/c13-12(14,15)9-3-1-8(2-4-9)11(19)18-10-5-6-16-7-17-10/h1-7H,(H,16,17,18,19). The fourth-order valence-electron chi connectivity index (χ4n) is 1.36. The van der Waals surface area contributed by atoms with Gasteiger partial charge in [0.05, 0.1) is 5.56 Å². The van der Waals surface area contributed by atoms with E-state index < -0.39 is 17.6 Å². The van der Waals surface area contributed by atoms with Crippen molar-refractivity contribution < 1.29 is 18.0 Å². The zero-order chi connectivity index (χ0) is 13.9. The first-order valence-electron chi connectivity index (χ1n) is 5.21. The van der Waals surface area contributed by atoms with Gasteiger partial charge in [-0.2, -0.15) is 13.2 Å². The molecule has 0 spiro atoms. The van der Waals surface area contributed by atoms with Gasteiger partial charge in [-0.05, 0) is 30.3 Å². The average Bonchev–Trinajstić information content (AvgIpc) is 2.39. The van der Waals surface area contributed by atoms with Crippen LogP contribution < -0.4 is 5.32 Å². The summed E-state index contributed by atoms with van der Waals surface area (Å²) < 4.78 is 37.1. The predicted octanol–water partition coefficient (Wildman–Crippen LogP) is 2.75. The van der Waals surface area contributed by atoms with E-state index in [1.54, 1.807) is 0 Å². The minimum atomic E-state index is -4.42. The molecule has 2 aromatic rings. The van der Waals surface area contributed by atoms with Crippen LogP contribution >= 0.6 is 0 Å². The molecule has 98 valence electrons. The maximum atomic E-state index is 12.4. The summed E-state index contributed by atoms with van der Waals surface area (Å²) in [4.78, 5) is 19.2. The monoisotopic (exact) mass is 267 g/mol. The van der Waals surface area contributed by atoms with Gasteiger partial charge in [-0.25, -0.2) is 9.97 Å². The number of nitrogens with one attached hydrogen (secondary N) is 1. The zero-order valence-electron chi connectivity index (χ0n) is 9.48. The number of carbonyl (C=O) groups is 1. The van der Waals surface area contributed by atoms with E-state index in [1.807, 2.05) is 0 Å². The third-order valence-corrected chi connectivity index (χ3v) is 2.30. The van der Waals surface area contributed by atoms with Gasteiger partial charge in [-0.15, -0.1) is 0 Å². The van der Waals surface area contributed by atoms with Crippen molar-refractivity contribution in [2.75, 3.05) is 5.32 Å². The summed E-state index contributed by atoms with van der Waals surface area (Å²) in [7, 11) is 0. The Morgan fingerprint density at radius 2 is 1.79 bits per heavy atom. The summed E-state index contributed by atoms with van der Waals surface area (Å²) in [6.07, 6.45) is -1.72. The number of anilines is 1. The van der Waals surface area contributed by atoms with Gasteiger partial charge >= 0.3 is 6.18 Å². The molecule has 7 heteroatoms. The van der Waals surface area contributed by atoms with Crippen molar-refractivity contribution >= 4 is 11.7 Å². The Balaban J connectivity index is 2.12. The first kappa shape index (κ1) is 13.0. The Hall–Kier alpha value is -2.44. The number of amides is 1. The maximum Gasteiger partial charge on any atom is 0.416 e. The minimum absolute atomic E-state index is 0.117. The van der Waals surface area contributed by atoms with Crippen molar-refractivity contribution in [1.29, 1.82) is 0 Å². The smallest absolute Gasteiger partial charge is 0.306 e. The van der Waals surface area contributed by atoms with Crippen LogP contribution in [0.4, 0.5) is 19.0 Å². The van der Waals surface area contributed by atoms with Gasteiger partial charge in [0.2, 0.25) is 0 Å². The van der Waals surface area contributed by atoms with Gasteiger partial charge in [-0.3, -0.25) is 4.79 Å².